The number of carbonyl (C=O) groups is 2. The van der Waals surface area contributed by atoms with E-state index in [2.05, 4.69) is 33.0 Å². The van der Waals surface area contributed by atoms with E-state index in [4.69, 9.17) is 33.2 Å². The van der Waals surface area contributed by atoms with Gasteiger partial charge in [0.15, 0.2) is 5.79 Å². The van der Waals surface area contributed by atoms with Crippen LogP contribution in [0.4, 0.5) is 4.79 Å². The Balaban J connectivity index is 0.00000661. The van der Waals surface area contributed by atoms with Gasteiger partial charge in [-0.25, -0.2) is 4.79 Å². The SMILES string of the molecule is CC[C@@]1([C@@H]2O[C@@H]([C@H]3O[C@@](O)(COC(=O)NCCc4ccccc4)[C@H](C)C[C@@H]3C)C[C@@H]2C)CC[C@H]([C@]2(C)CC[C@]3(C[C@H](O)[C@@H](C)[C@@H]([C@@H](C)[C@@H](OC)[C@@H](C)C(=O)[O-])O3)O2)O1.[Na+]. The number of rotatable bonds is 14. The molecule has 14 heteroatoms. The van der Waals surface area contributed by atoms with Crippen LogP contribution in [0.5, 0.6) is 0 Å². The third-order valence-corrected chi connectivity index (χ3v) is 14.7. The number of aliphatic hydroxyl groups excluding tert-OH is 1. The minimum absolute atomic E-state index is 0. The zero-order chi connectivity index (χ0) is 42.2. The van der Waals surface area contributed by atoms with E-state index in [1.54, 1.807) is 6.92 Å². The Bertz CT molecular complexity index is 1560. The van der Waals surface area contributed by atoms with Gasteiger partial charge < -0.3 is 58.6 Å². The van der Waals surface area contributed by atoms with Gasteiger partial charge in [-0.3, -0.25) is 0 Å². The van der Waals surface area contributed by atoms with E-state index in [1.807, 2.05) is 51.1 Å². The molecule has 1 spiro atoms. The van der Waals surface area contributed by atoms with Crippen LogP contribution in [0.1, 0.15) is 112 Å². The number of carbonyl (C=O) groups excluding carboxylic acids is 2. The monoisotopic (exact) mass is 839 g/mol. The number of amides is 1. The fraction of sp³-hybridized carbons (Fsp3) is 0.822. The minimum Gasteiger partial charge on any atom is -0.550 e. The van der Waals surface area contributed by atoms with Crippen LogP contribution >= 0.6 is 0 Å². The normalized spacial score (nSPS) is 42.5. The van der Waals surface area contributed by atoms with Gasteiger partial charge in [0, 0.05) is 56.1 Å². The van der Waals surface area contributed by atoms with Gasteiger partial charge in [-0.05, 0) is 69.3 Å². The van der Waals surface area contributed by atoms with Gasteiger partial charge in [-0.2, -0.15) is 0 Å². The summed E-state index contributed by atoms with van der Waals surface area (Å²) in [4.78, 5) is 24.4. The van der Waals surface area contributed by atoms with Crippen LogP contribution in [-0.2, 0) is 44.4 Å². The second-order valence-corrected chi connectivity index (χ2v) is 18.9. The summed E-state index contributed by atoms with van der Waals surface area (Å²) < 4.78 is 45.5. The first-order chi connectivity index (χ1) is 27.4. The minimum atomic E-state index is -1.65. The summed E-state index contributed by atoms with van der Waals surface area (Å²) in [6, 6.07) is 9.88. The predicted octanol–water partition coefficient (Wildman–Crippen LogP) is 1.92. The molecule has 13 nitrogen and oxygen atoms in total. The van der Waals surface area contributed by atoms with Gasteiger partial charge in [0.05, 0.1) is 53.9 Å². The molecule has 0 bridgehead atoms. The first-order valence-corrected chi connectivity index (χ1v) is 21.9. The topological polar surface area (TPSA) is 174 Å². The Morgan fingerprint density at radius 1 is 1.02 bits per heavy atom. The number of ether oxygens (including phenoxy) is 7. The van der Waals surface area contributed by atoms with Gasteiger partial charge in [0.25, 0.3) is 0 Å². The van der Waals surface area contributed by atoms with E-state index in [9.17, 15) is 24.9 Å². The molecule has 5 aliphatic heterocycles. The molecule has 0 radical (unpaired) electrons. The summed E-state index contributed by atoms with van der Waals surface area (Å²) in [6.45, 7) is 16.0. The molecule has 0 aliphatic carbocycles. The molecule has 5 saturated heterocycles. The van der Waals surface area contributed by atoms with E-state index < -0.39 is 65.2 Å². The number of methoxy groups -OCH3 is 1. The van der Waals surface area contributed by atoms with Crippen molar-refractivity contribution < 1.29 is 87.6 Å². The Hall–Kier alpha value is -1.36. The summed E-state index contributed by atoms with van der Waals surface area (Å²) in [7, 11) is 1.49. The van der Waals surface area contributed by atoms with Crippen LogP contribution in [0, 0.1) is 35.5 Å². The maximum Gasteiger partial charge on any atom is 1.00 e. The largest absolute Gasteiger partial charge is 1.00 e. The molecule has 1 aromatic carbocycles. The average Bonchev–Trinajstić information content (AvgIpc) is 3.91. The van der Waals surface area contributed by atoms with Gasteiger partial charge in [0.1, 0.15) is 6.61 Å². The third-order valence-electron chi connectivity index (χ3n) is 14.7. The fourth-order valence-corrected chi connectivity index (χ4v) is 11.1. The molecule has 6 rings (SSSR count). The zero-order valence-electron chi connectivity index (χ0n) is 37.1. The number of carboxylic acid groups (broad SMARTS) is 1. The summed E-state index contributed by atoms with van der Waals surface area (Å²) in [5, 5.41) is 37.7. The van der Waals surface area contributed by atoms with Gasteiger partial charge in [0.2, 0.25) is 5.79 Å². The van der Waals surface area contributed by atoms with Crippen molar-refractivity contribution in [2.75, 3.05) is 20.3 Å². The van der Waals surface area contributed by atoms with Crippen molar-refractivity contribution >= 4 is 12.1 Å². The number of nitrogens with one attached hydrogen (secondary N) is 1. The summed E-state index contributed by atoms with van der Waals surface area (Å²) in [5.41, 5.74) is -0.139. The second kappa shape index (κ2) is 19.6. The fourth-order valence-electron chi connectivity index (χ4n) is 11.1. The molecule has 5 aliphatic rings. The van der Waals surface area contributed by atoms with E-state index >= 15 is 0 Å². The second-order valence-electron chi connectivity index (χ2n) is 18.9. The molecule has 1 aromatic rings. The maximum atomic E-state index is 12.6. The third kappa shape index (κ3) is 10.2. The molecule has 0 saturated carbocycles. The molecular weight excluding hydrogens is 769 g/mol. The molecule has 59 heavy (non-hydrogen) atoms. The van der Waals surface area contributed by atoms with Crippen molar-refractivity contribution in [3.63, 3.8) is 0 Å². The number of hydrogen-bond donors (Lipinski definition) is 3. The van der Waals surface area contributed by atoms with E-state index in [0.29, 0.717) is 38.6 Å². The van der Waals surface area contributed by atoms with Gasteiger partial charge in [-0.1, -0.05) is 78.8 Å². The van der Waals surface area contributed by atoms with Crippen LogP contribution in [0.15, 0.2) is 30.3 Å². The van der Waals surface area contributed by atoms with Crippen LogP contribution in [0.2, 0.25) is 0 Å². The van der Waals surface area contributed by atoms with Crippen LogP contribution in [0.25, 0.3) is 0 Å². The van der Waals surface area contributed by atoms with Crippen molar-refractivity contribution in [1.82, 2.24) is 5.32 Å². The molecular formula is C45H70NNaO12. The molecule has 3 N–H and O–H groups in total. The summed E-state index contributed by atoms with van der Waals surface area (Å²) in [6.07, 6.45) is 2.33. The summed E-state index contributed by atoms with van der Waals surface area (Å²) >= 11 is 0. The zero-order valence-corrected chi connectivity index (χ0v) is 39.1. The predicted molar refractivity (Wildman–Crippen MR) is 212 cm³/mol. The number of alkyl carbamates (subject to hydrolysis) is 1. The van der Waals surface area contributed by atoms with Crippen molar-refractivity contribution in [1.29, 1.82) is 0 Å². The van der Waals surface area contributed by atoms with E-state index in [0.717, 1.165) is 31.2 Å². The van der Waals surface area contributed by atoms with Crippen molar-refractivity contribution in [3.05, 3.63) is 35.9 Å². The van der Waals surface area contributed by atoms with Crippen molar-refractivity contribution in [2.24, 2.45) is 35.5 Å². The molecule has 17 atom stereocenters. The molecule has 0 unspecified atom stereocenters. The summed E-state index contributed by atoms with van der Waals surface area (Å²) in [5.74, 6) is -5.36. The van der Waals surface area contributed by atoms with Crippen LogP contribution < -0.4 is 40.0 Å². The number of benzene rings is 1. The average molecular weight is 840 g/mol. The number of aliphatic carboxylic acids is 1. The van der Waals surface area contributed by atoms with Crippen molar-refractivity contribution in [2.45, 2.75) is 179 Å². The molecule has 1 amide bonds. The molecule has 5 fully saturated rings. The molecule has 0 aromatic heterocycles. The Kier molecular flexibility index (Phi) is 16.1. The van der Waals surface area contributed by atoms with Gasteiger partial charge >= 0.3 is 35.7 Å². The number of aliphatic hydroxyl groups is 2. The number of hydrogen-bond acceptors (Lipinski definition) is 12. The smallest absolute Gasteiger partial charge is 0.550 e. The van der Waals surface area contributed by atoms with Crippen LogP contribution in [-0.4, -0.2) is 108 Å². The first-order valence-electron chi connectivity index (χ1n) is 21.9. The Morgan fingerprint density at radius 3 is 2.39 bits per heavy atom. The standard InChI is InChI=1S/C45H71NO12.Na/c1-10-43(18-16-35(55-43)42(8)19-20-44(58-42)24-33(47)29(5)38(56-44)30(6)37(52-9)31(7)40(48)49)39-27(3)23-34(54-39)36-26(2)22-28(4)45(51,57-36)25-53-41(50)46-21-17-32-14-12-11-13-15-32;/h11-15,26-31,33-39,47,51H,10,16-25H2,1-9H3,(H,46,50)(H,48,49);/q;+1/p-1/t26-,27-,28+,29+,30-,31+,33-,34+,35+,36-,37+,38-,39+,42-,43-,44+,45-;/m0./s1. The van der Waals surface area contributed by atoms with E-state index in [1.165, 1.54) is 7.11 Å². The Labute approximate surface area is 373 Å². The van der Waals surface area contributed by atoms with Gasteiger partial charge in [-0.15, -0.1) is 0 Å². The van der Waals surface area contributed by atoms with Crippen LogP contribution in [0.3, 0.4) is 0 Å². The number of carboxylic acids is 1. The van der Waals surface area contributed by atoms with E-state index in [-0.39, 0.29) is 84.1 Å². The molecule has 328 valence electrons. The van der Waals surface area contributed by atoms with Crippen molar-refractivity contribution in [3.8, 4) is 0 Å². The first kappa shape index (κ1) is 48.7. The quantitative estimate of drug-likeness (QED) is 0.233. The molecule has 5 heterocycles. The Morgan fingerprint density at radius 2 is 1.73 bits per heavy atom. The maximum absolute atomic E-state index is 12.6.